The van der Waals surface area contributed by atoms with Crippen LogP contribution < -0.4 is 0 Å². The van der Waals surface area contributed by atoms with Gasteiger partial charge in [-0.15, -0.1) is 0 Å². The van der Waals surface area contributed by atoms with E-state index in [1.165, 1.54) is 7.05 Å². The van der Waals surface area contributed by atoms with Gasteiger partial charge in [0.15, 0.2) is 0 Å². The average Bonchev–Trinajstić information content (AvgIpc) is 2.93. The summed E-state index contributed by atoms with van der Waals surface area (Å²) in [6.07, 6.45) is 0.645. The highest BCUT2D eigenvalue weighted by atomic mass is 16.2. The number of likely N-dealkylation sites (N-methyl/N-ethyl adjacent to an activating group) is 1. The lowest BCUT2D eigenvalue weighted by Gasteiger charge is -2.20. The van der Waals surface area contributed by atoms with Crippen molar-refractivity contribution in [2.45, 2.75) is 59.9 Å². The lowest BCUT2D eigenvalue weighted by molar-refractivity contribution is -0.148. The van der Waals surface area contributed by atoms with Crippen LogP contribution in [0.5, 0.6) is 0 Å². The summed E-state index contributed by atoms with van der Waals surface area (Å²) in [6, 6.07) is -0.913. The van der Waals surface area contributed by atoms with E-state index in [1.54, 1.807) is 0 Å². The van der Waals surface area contributed by atoms with Crippen LogP contribution in [0.4, 0.5) is 0 Å². The van der Waals surface area contributed by atoms with Gasteiger partial charge in [-0.25, -0.2) is 0 Å². The molecule has 2 unspecified atom stereocenters. The van der Waals surface area contributed by atoms with Crippen molar-refractivity contribution in [1.29, 1.82) is 0 Å². The minimum atomic E-state index is -0.913. The largest absolute Gasteiger partial charge is 0.284 e. The third-order valence-electron chi connectivity index (χ3n) is 3.44. The van der Waals surface area contributed by atoms with Crippen molar-refractivity contribution in [3.8, 4) is 0 Å². The van der Waals surface area contributed by atoms with E-state index in [0.29, 0.717) is 6.42 Å². The fourth-order valence-electron chi connectivity index (χ4n) is 2.30. The zero-order valence-electron chi connectivity index (χ0n) is 13.8. The van der Waals surface area contributed by atoms with E-state index in [0.717, 1.165) is 9.80 Å². The van der Waals surface area contributed by atoms with Crippen LogP contribution in [0.2, 0.25) is 0 Å². The van der Waals surface area contributed by atoms with Gasteiger partial charge in [0, 0.05) is 19.4 Å². The van der Waals surface area contributed by atoms with E-state index in [2.05, 4.69) is 0 Å². The molecule has 0 saturated carbocycles. The molecule has 2 aliphatic rings. The maximum Gasteiger partial charge on any atom is 0.252 e. The van der Waals surface area contributed by atoms with Crippen molar-refractivity contribution in [3.05, 3.63) is 0 Å². The van der Waals surface area contributed by atoms with E-state index in [9.17, 15) is 19.2 Å². The Kier molecular flexibility index (Phi) is 7.84. The number of carbonyl (C=O) groups is 4. The second kappa shape index (κ2) is 8.54. The minimum Gasteiger partial charge on any atom is -0.284 e. The zero-order chi connectivity index (χ0) is 16.7. The van der Waals surface area contributed by atoms with Gasteiger partial charge < -0.3 is 0 Å². The van der Waals surface area contributed by atoms with Crippen molar-refractivity contribution in [3.63, 3.8) is 0 Å². The topological polar surface area (TPSA) is 74.8 Å². The highest BCUT2D eigenvalue weighted by molar-refractivity contribution is 6.12. The second-order valence-electron chi connectivity index (χ2n) is 4.42. The summed E-state index contributed by atoms with van der Waals surface area (Å²) in [4.78, 5) is 48.7. The summed E-state index contributed by atoms with van der Waals surface area (Å²) in [7, 11) is 1.37. The lowest BCUT2D eigenvalue weighted by atomic mass is 10.1. The number of carbonyl (C=O) groups excluding carboxylic acids is 4. The summed E-state index contributed by atoms with van der Waals surface area (Å²) in [5, 5.41) is 0. The predicted molar refractivity (Wildman–Crippen MR) is 79.1 cm³/mol. The molecule has 2 atom stereocenters. The van der Waals surface area contributed by atoms with Gasteiger partial charge in [-0.05, 0) is 6.42 Å². The molecule has 2 fully saturated rings. The van der Waals surface area contributed by atoms with Crippen LogP contribution in [0.15, 0.2) is 0 Å². The number of hydrogen-bond donors (Lipinski definition) is 0. The fourth-order valence-corrected chi connectivity index (χ4v) is 2.30. The van der Waals surface area contributed by atoms with Gasteiger partial charge in [0.05, 0.1) is 6.42 Å². The first-order chi connectivity index (χ1) is 9.97. The quantitative estimate of drug-likeness (QED) is 0.725. The van der Waals surface area contributed by atoms with Crippen molar-refractivity contribution >= 4 is 23.6 Å². The Morgan fingerprint density at radius 3 is 1.76 bits per heavy atom. The molecule has 0 spiro atoms. The van der Waals surface area contributed by atoms with Crippen LogP contribution >= 0.6 is 0 Å². The maximum absolute atomic E-state index is 11.9. The molecule has 0 aromatic carbocycles. The van der Waals surface area contributed by atoms with Crippen molar-refractivity contribution < 1.29 is 19.2 Å². The van der Waals surface area contributed by atoms with Crippen LogP contribution in [-0.4, -0.2) is 46.5 Å². The van der Waals surface area contributed by atoms with E-state index in [-0.39, 0.29) is 36.5 Å². The smallest absolute Gasteiger partial charge is 0.252 e. The minimum absolute atomic E-state index is 0.0801. The Labute approximate surface area is 126 Å². The number of amides is 4. The Morgan fingerprint density at radius 2 is 1.43 bits per heavy atom. The zero-order valence-corrected chi connectivity index (χ0v) is 13.8. The molecule has 0 bridgehead atoms. The van der Waals surface area contributed by atoms with Crippen molar-refractivity contribution in [2.75, 3.05) is 7.05 Å². The number of rotatable bonds is 2. The molecule has 2 saturated heterocycles. The molecule has 0 radical (unpaired) electrons. The highest BCUT2D eigenvalue weighted by Gasteiger charge is 2.49. The van der Waals surface area contributed by atoms with Gasteiger partial charge in [0.25, 0.3) is 5.91 Å². The summed E-state index contributed by atoms with van der Waals surface area (Å²) < 4.78 is 0. The first kappa shape index (κ1) is 19.3. The summed E-state index contributed by atoms with van der Waals surface area (Å²) >= 11 is 0. The molecule has 6 nitrogen and oxygen atoms in total. The Morgan fingerprint density at radius 1 is 0.905 bits per heavy atom. The van der Waals surface area contributed by atoms with Gasteiger partial charge in [-0.2, -0.15) is 0 Å². The third kappa shape index (κ3) is 3.68. The first-order valence-corrected chi connectivity index (χ1v) is 7.63. The molecule has 2 rings (SSSR count). The van der Waals surface area contributed by atoms with E-state index in [4.69, 9.17) is 0 Å². The molecule has 0 aromatic rings. The molecular formula is C15H26N2O4. The van der Waals surface area contributed by atoms with Crippen molar-refractivity contribution in [1.82, 2.24) is 9.80 Å². The molecular weight excluding hydrogens is 272 g/mol. The Balaban J connectivity index is 0.000000921. The Hall–Kier alpha value is -1.72. The fraction of sp³-hybridized carbons (Fsp3) is 0.733. The van der Waals surface area contributed by atoms with Gasteiger partial charge >= 0.3 is 0 Å². The van der Waals surface area contributed by atoms with Gasteiger partial charge in [0.2, 0.25) is 17.7 Å². The van der Waals surface area contributed by atoms with E-state index >= 15 is 0 Å². The van der Waals surface area contributed by atoms with Gasteiger partial charge in [-0.1, -0.05) is 34.6 Å². The summed E-state index contributed by atoms with van der Waals surface area (Å²) in [5.74, 6) is -1.81. The third-order valence-corrected chi connectivity index (χ3v) is 3.44. The molecule has 0 aromatic heterocycles. The number of nitrogens with zero attached hydrogens (tertiary/aromatic N) is 2. The average molecular weight is 298 g/mol. The molecule has 21 heavy (non-hydrogen) atoms. The lowest BCUT2D eigenvalue weighted by Crippen LogP contribution is -2.44. The molecule has 0 N–H and O–H groups in total. The molecule has 0 aliphatic carbocycles. The first-order valence-electron chi connectivity index (χ1n) is 7.63. The summed E-state index contributed by atoms with van der Waals surface area (Å²) in [6.45, 7) is 9.83. The van der Waals surface area contributed by atoms with Crippen LogP contribution in [0.3, 0.4) is 0 Å². The standard InChI is InChI=1S/C11H14N2O4.2C2H6/c1-3-6-4-9(15)13(10(6)16)7-5-8(14)12(2)11(7)17;2*1-2/h6-7H,3-5H2,1-2H3;2*1-2H3. The Bertz CT molecular complexity index is 420. The van der Waals surface area contributed by atoms with E-state index < -0.39 is 11.9 Å². The van der Waals surface area contributed by atoms with Gasteiger partial charge in [0.1, 0.15) is 6.04 Å². The van der Waals surface area contributed by atoms with Crippen LogP contribution in [-0.2, 0) is 19.2 Å². The molecule has 120 valence electrons. The SMILES string of the molecule is CC.CC.CCC1CC(=O)N(C2CC(=O)N(C)C2=O)C1=O. The highest BCUT2D eigenvalue weighted by Crippen LogP contribution is 2.28. The molecule has 6 heteroatoms. The second-order valence-corrected chi connectivity index (χ2v) is 4.42. The summed E-state index contributed by atoms with van der Waals surface area (Å²) in [5.41, 5.74) is 0. The normalized spacial score (nSPS) is 24.7. The predicted octanol–water partition coefficient (Wildman–Crippen LogP) is 1.58. The maximum atomic E-state index is 11.9. The molecule has 2 heterocycles. The van der Waals surface area contributed by atoms with Gasteiger partial charge in [-0.3, -0.25) is 29.0 Å². The van der Waals surface area contributed by atoms with Crippen LogP contribution in [0.25, 0.3) is 0 Å². The monoisotopic (exact) mass is 298 g/mol. The number of imide groups is 2. The number of likely N-dealkylation sites (tertiary alicyclic amines) is 2. The van der Waals surface area contributed by atoms with Crippen LogP contribution in [0, 0.1) is 5.92 Å². The molecule has 2 aliphatic heterocycles. The molecule has 4 amide bonds. The van der Waals surface area contributed by atoms with Crippen LogP contribution in [0.1, 0.15) is 53.9 Å². The van der Waals surface area contributed by atoms with E-state index in [1.807, 2.05) is 34.6 Å². The number of hydrogen-bond acceptors (Lipinski definition) is 4. The van der Waals surface area contributed by atoms with Crippen molar-refractivity contribution in [2.24, 2.45) is 5.92 Å².